The molecule has 8 heteroatoms. The highest BCUT2D eigenvalue weighted by atomic mass is 16.7. The number of aliphatic hydroxyl groups excluding tert-OH is 4. The van der Waals surface area contributed by atoms with Crippen LogP contribution < -0.4 is 4.74 Å². The Balaban J connectivity index is 1.57. The molecule has 0 bridgehead atoms. The molecule has 36 heavy (non-hydrogen) atoms. The second kappa shape index (κ2) is 12.2. The normalized spacial score (nSPS) is 24.4. The number of ketones is 2. The lowest BCUT2D eigenvalue weighted by Crippen LogP contribution is -2.60. The van der Waals surface area contributed by atoms with Crippen molar-refractivity contribution in [3.05, 3.63) is 76.4 Å². The van der Waals surface area contributed by atoms with Crippen LogP contribution in [0.15, 0.2) is 48.6 Å². The van der Waals surface area contributed by atoms with Crippen LogP contribution in [0.1, 0.15) is 34.2 Å². The van der Waals surface area contributed by atoms with E-state index in [0.717, 1.165) is 11.1 Å². The number of carbonyl (C=O) groups is 2. The van der Waals surface area contributed by atoms with Crippen molar-refractivity contribution < 1.29 is 39.5 Å². The van der Waals surface area contributed by atoms with E-state index in [1.54, 1.807) is 37.3 Å². The lowest BCUT2D eigenvalue weighted by molar-refractivity contribution is -0.277. The summed E-state index contributed by atoms with van der Waals surface area (Å²) in [7, 11) is 0. The molecule has 1 heterocycles. The van der Waals surface area contributed by atoms with Gasteiger partial charge in [0.2, 0.25) is 6.29 Å². The fourth-order valence-electron chi connectivity index (χ4n) is 3.73. The van der Waals surface area contributed by atoms with E-state index in [1.165, 1.54) is 17.7 Å². The second-order valence-corrected chi connectivity index (χ2v) is 8.96. The van der Waals surface area contributed by atoms with Crippen molar-refractivity contribution >= 4 is 23.7 Å². The summed E-state index contributed by atoms with van der Waals surface area (Å²) in [6, 6.07) is 10.9. The minimum absolute atomic E-state index is 0.241. The molecule has 0 unspecified atom stereocenters. The number of ether oxygens (including phenoxy) is 2. The van der Waals surface area contributed by atoms with Gasteiger partial charge in [-0.3, -0.25) is 9.59 Å². The number of hydrogen-bond donors (Lipinski definition) is 4. The van der Waals surface area contributed by atoms with Crippen molar-refractivity contribution in [2.45, 2.75) is 57.9 Å². The maximum atomic E-state index is 12.2. The smallest absolute Gasteiger partial charge is 0.229 e. The van der Waals surface area contributed by atoms with Crippen LogP contribution in [-0.4, -0.2) is 69.3 Å². The van der Waals surface area contributed by atoms with Gasteiger partial charge in [-0.2, -0.15) is 0 Å². The number of aliphatic hydroxyl groups is 4. The Morgan fingerprint density at radius 3 is 1.97 bits per heavy atom. The molecule has 0 aliphatic carbocycles. The van der Waals surface area contributed by atoms with Crippen LogP contribution in [-0.2, 0) is 14.3 Å². The lowest BCUT2D eigenvalue weighted by atomic mass is 9.99. The highest BCUT2D eigenvalue weighted by Gasteiger charge is 2.44. The Hall–Kier alpha value is -3.14. The van der Waals surface area contributed by atoms with Gasteiger partial charge in [0.1, 0.15) is 30.2 Å². The summed E-state index contributed by atoms with van der Waals surface area (Å²) < 4.78 is 11.0. The number of aryl methyl sites for hydroxylation is 3. The highest BCUT2D eigenvalue weighted by Crippen LogP contribution is 2.27. The van der Waals surface area contributed by atoms with Crippen molar-refractivity contribution in [3.63, 3.8) is 0 Å². The van der Waals surface area contributed by atoms with Crippen molar-refractivity contribution in [1.29, 1.82) is 0 Å². The van der Waals surface area contributed by atoms with Crippen LogP contribution in [0, 0.1) is 20.8 Å². The Morgan fingerprint density at radius 1 is 0.833 bits per heavy atom. The predicted molar refractivity (Wildman–Crippen MR) is 134 cm³/mol. The number of hydrogen-bond acceptors (Lipinski definition) is 8. The van der Waals surface area contributed by atoms with E-state index in [2.05, 4.69) is 0 Å². The molecule has 1 saturated heterocycles. The average Bonchev–Trinajstić information content (AvgIpc) is 2.85. The summed E-state index contributed by atoms with van der Waals surface area (Å²) in [5, 5.41) is 39.3. The Morgan fingerprint density at radius 2 is 1.42 bits per heavy atom. The van der Waals surface area contributed by atoms with Crippen molar-refractivity contribution in [1.82, 2.24) is 0 Å². The molecule has 0 saturated carbocycles. The molecule has 4 N–H and O–H groups in total. The molecular weight excluding hydrogens is 464 g/mol. The number of rotatable bonds is 9. The second-order valence-electron chi connectivity index (χ2n) is 8.96. The molecule has 0 spiro atoms. The molecular formula is C28H32O8. The minimum atomic E-state index is -1.53. The Labute approximate surface area is 210 Å². The summed E-state index contributed by atoms with van der Waals surface area (Å²) >= 11 is 0. The van der Waals surface area contributed by atoms with Crippen LogP contribution in [0.25, 0.3) is 12.2 Å². The third-order valence-corrected chi connectivity index (χ3v) is 6.09. The standard InChI is InChI=1S/C28H32O8/c1-16-4-5-19(12-17(16)2)6-9-21(30)14-22(31)10-7-20-8-11-23(18(3)13-20)35-28-27(34)26(33)25(32)24(15-29)36-28/h4-13,24-29,32-34H,14-15H2,1-3H3/b9-6+,10-7+/t24-,25-,26+,27-,28-/m1/s1. The zero-order chi connectivity index (χ0) is 26.4. The van der Waals surface area contributed by atoms with Crippen LogP contribution in [0.2, 0.25) is 0 Å². The number of carbonyl (C=O) groups excluding carboxylic acids is 2. The number of allylic oxidation sites excluding steroid dienone is 2. The first-order valence-electron chi connectivity index (χ1n) is 11.7. The van der Waals surface area contributed by atoms with Crippen LogP contribution in [0.3, 0.4) is 0 Å². The Bertz CT molecular complexity index is 1150. The zero-order valence-corrected chi connectivity index (χ0v) is 20.5. The quantitative estimate of drug-likeness (QED) is 0.306. The van der Waals surface area contributed by atoms with Gasteiger partial charge in [-0.05, 0) is 72.9 Å². The Kier molecular flexibility index (Phi) is 9.31. The molecule has 3 rings (SSSR count). The molecule has 0 amide bonds. The van der Waals surface area contributed by atoms with Gasteiger partial charge in [-0.15, -0.1) is 0 Å². The van der Waals surface area contributed by atoms with E-state index in [4.69, 9.17) is 9.47 Å². The molecule has 1 fully saturated rings. The van der Waals surface area contributed by atoms with Gasteiger partial charge >= 0.3 is 0 Å². The lowest BCUT2D eigenvalue weighted by Gasteiger charge is -2.39. The highest BCUT2D eigenvalue weighted by molar-refractivity contribution is 6.10. The summed E-state index contributed by atoms with van der Waals surface area (Å²) in [4.78, 5) is 24.4. The predicted octanol–water partition coefficient (Wildman–Crippen LogP) is 2.05. The van der Waals surface area contributed by atoms with Gasteiger partial charge in [-0.25, -0.2) is 0 Å². The minimum Gasteiger partial charge on any atom is -0.462 e. The van der Waals surface area contributed by atoms with Crippen molar-refractivity contribution in [3.8, 4) is 5.75 Å². The van der Waals surface area contributed by atoms with Gasteiger partial charge in [0.25, 0.3) is 0 Å². The number of benzene rings is 2. The molecule has 5 atom stereocenters. The molecule has 0 aromatic heterocycles. The van der Waals surface area contributed by atoms with Crippen molar-refractivity contribution in [2.75, 3.05) is 6.61 Å². The molecule has 2 aromatic carbocycles. The van der Waals surface area contributed by atoms with Gasteiger partial charge in [0.05, 0.1) is 13.0 Å². The molecule has 8 nitrogen and oxygen atoms in total. The van der Waals surface area contributed by atoms with E-state index >= 15 is 0 Å². The van der Waals surface area contributed by atoms with E-state index < -0.39 is 37.3 Å². The molecule has 192 valence electrons. The average molecular weight is 497 g/mol. The SMILES string of the molecule is Cc1ccc(/C=C/C(=O)CC(=O)/C=C/c2ccc(O[C@@H]3O[C@H](CO)[C@@H](O)[C@H](O)[C@H]3O)c(C)c2)cc1C. The summed E-state index contributed by atoms with van der Waals surface area (Å²) in [5.41, 5.74) is 4.55. The largest absolute Gasteiger partial charge is 0.462 e. The third kappa shape index (κ3) is 6.96. The van der Waals surface area contributed by atoms with Crippen LogP contribution in [0.5, 0.6) is 5.75 Å². The van der Waals surface area contributed by atoms with Gasteiger partial charge in [0, 0.05) is 0 Å². The van der Waals surface area contributed by atoms with Crippen molar-refractivity contribution in [2.24, 2.45) is 0 Å². The first-order valence-corrected chi connectivity index (χ1v) is 11.7. The van der Waals surface area contributed by atoms with E-state index in [1.807, 2.05) is 32.0 Å². The summed E-state index contributed by atoms with van der Waals surface area (Å²) in [6.45, 7) is 5.21. The van der Waals surface area contributed by atoms with Gasteiger partial charge < -0.3 is 29.9 Å². The molecule has 1 aliphatic heterocycles. The maximum absolute atomic E-state index is 12.2. The van der Waals surface area contributed by atoms with E-state index in [0.29, 0.717) is 16.9 Å². The van der Waals surface area contributed by atoms with Crippen LogP contribution in [0.4, 0.5) is 0 Å². The zero-order valence-electron chi connectivity index (χ0n) is 20.5. The van der Waals surface area contributed by atoms with Gasteiger partial charge in [-0.1, -0.05) is 36.4 Å². The fourth-order valence-corrected chi connectivity index (χ4v) is 3.73. The maximum Gasteiger partial charge on any atom is 0.229 e. The van der Waals surface area contributed by atoms with Gasteiger partial charge in [0.15, 0.2) is 11.6 Å². The summed E-state index contributed by atoms with van der Waals surface area (Å²) in [6.07, 6.45) is -1.07. The topological polar surface area (TPSA) is 134 Å². The molecule has 0 radical (unpaired) electrons. The first kappa shape index (κ1) is 27.4. The van der Waals surface area contributed by atoms with E-state index in [9.17, 15) is 30.0 Å². The fraction of sp³-hybridized carbons (Fsp3) is 0.357. The van der Waals surface area contributed by atoms with E-state index in [-0.39, 0.29) is 18.0 Å². The third-order valence-electron chi connectivity index (χ3n) is 6.09. The monoisotopic (exact) mass is 496 g/mol. The molecule has 1 aliphatic rings. The van der Waals surface area contributed by atoms with Crippen LogP contribution >= 0.6 is 0 Å². The first-order chi connectivity index (χ1) is 17.1. The summed E-state index contributed by atoms with van der Waals surface area (Å²) in [5.74, 6) is -0.263. The molecule has 2 aromatic rings.